The van der Waals surface area contributed by atoms with Crippen LogP contribution in [0.2, 0.25) is 5.82 Å². The Morgan fingerprint density at radius 3 is 2.04 bits per heavy atom. The molecule has 2 bridgehead atoms. The van der Waals surface area contributed by atoms with E-state index in [1.165, 1.54) is 0 Å². The molecular formula is C18H35BO4-2. The maximum absolute atomic E-state index is 10.6. The molecule has 2 N–H and O–H groups in total. The van der Waals surface area contributed by atoms with E-state index >= 15 is 0 Å². The minimum atomic E-state index is -1.64. The van der Waals surface area contributed by atoms with E-state index in [-0.39, 0.29) is 11.2 Å². The molecule has 0 amide bonds. The molecule has 3 rings (SSSR count). The summed E-state index contributed by atoms with van der Waals surface area (Å²) in [6.45, 7) is 11.9. The first kappa shape index (κ1) is 20.9. The lowest BCUT2D eigenvalue weighted by molar-refractivity contribution is -0.353. The average molecular weight is 326 g/mol. The van der Waals surface area contributed by atoms with Crippen molar-refractivity contribution in [1.82, 2.24) is 0 Å². The predicted molar refractivity (Wildman–Crippen MR) is 90.6 cm³/mol. The van der Waals surface area contributed by atoms with Gasteiger partial charge in [0.05, 0.1) is 11.2 Å². The van der Waals surface area contributed by atoms with Crippen molar-refractivity contribution in [2.45, 2.75) is 97.1 Å². The van der Waals surface area contributed by atoms with Crippen molar-refractivity contribution >= 4 is 7.12 Å². The lowest BCUT2D eigenvalue weighted by Gasteiger charge is -2.68. The Morgan fingerprint density at radius 1 is 1.17 bits per heavy atom. The van der Waals surface area contributed by atoms with E-state index in [4.69, 9.17) is 0 Å². The molecule has 5 atom stereocenters. The fourth-order valence-corrected chi connectivity index (χ4v) is 4.65. The normalized spacial score (nSPS) is 37.0. The summed E-state index contributed by atoms with van der Waals surface area (Å²) in [4.78, 5) is 0. The van der Waals surface area contributed by atoms with E-state index in [2.05, 4.69) is 20.8 Å². The van der Waals surface area contributed by atoms with Crippen molar-refractivity contribution in [2.24, 2.45) is 17.3 Å². The molecule has 0 aliphatic heterocycles. The molecule has 0 aromatic heterocycles. The van der Waals surface area contributed by atoms with Gasteiger partial charge in [0.2, 0.25) is 0 Å². The van der Waals surface area contributed by atoms with Gasteiger partial charge < -0.3 is 20.3 Å². The number of hydrogen-bond donors (Lipinski definition) is 2. The van der Waals surface area contributed by atoms with Crippen molar-refractivity contribution in [1.29, 1.82) is 0 Å². The summed E-state index contributed by atoms with van der Waals surface area (Å²) in [7, 11) is -1.64. The monoisotopic (exact) mass is 326 g/mol. The van der Waals surface area contributed by atoms with Gasteiger partial charge in [-0.25, -0.2) is 0 Å². The van der Waals surface area contributed by atoms with Gasteiger partial charge in [0.1, 0.15) is 0 Å². The molecule has 5 heteroatoms. The number of rotatable bonds is 5. The van der Waals surface area contributed by atoms with Crippen LogP contribution in [-0.4, -0.2) is 28.5 Å². The van der Waals surface area contributed by atoms with E-state index in [1.54, 1.807) is 6.92 Å². The van der Waals surface area contributed by atoms with Crippen LogP contribution in [0.5, 0.6) is 0 Å². The Kier molecular flexibility index (Phi) is 6.76. The van der Waals surface area contributed by atoms with Crippen molar-refractivity contribution in [3.63, 3.8) is 0 Å². The maximum atomic E-state index is 10.6. The topological polar surface area (TPSA) is 86.6 Å². The van der Waals surface area contributed by atoms with Gasteiger partial charge in [-0.15, -0.1) is 12.9 Å². The van der Waals surface area contributed by atoms with Gasteiger partial charge in [-0.3, -0.25) is 0 Å². The lowest BCUT2D eigenvalue weighted by atomic mass is 9.41. The van der Waals surface area contributed by atoms with Crippen LogP contribution < -0.4 is 10.0 Å². The molecule has 3 saturated carbocycles. The number of aliphatic hydroxyl groups is 2. The van der Waals surface area contributed by atoms with E-state index in [9.17, 15) is 20.3 Å². The molecular weight excluding hydrogens is 291 g/mol. The lowest BCUT2D eigenvalue weighted by Crippen LogP contribution is -2.74. The first-order valence-electron chi connectivity index (χ1n) is 9.21. The van der Waals surface area contributed by atoms with Crippen LogP contribution in [0.1, 0.15) is 80.1 Å². The zero-order chi connectivity index (χ0) is 18.1. The highest BCUT2D eigenvalue weighted by Gasteiger charge is 2.69. The third-order valence-electron chi connectivity index (χ3n) is 6.79. The van der Waals surface area contributed by atoms with E-state index in [0.29, 0.717) is 11.8 Å². The second-order valence-electron chi connectivity index (χ2n) is 8.50. The summed E-state index contributed by atoms with van der Waals surface area (Å²) in [6.07, 6.45) is 5.37. The van der Waals surface area contributed by atoms with Crippen molar-refractivity contribution in [3.8, 4) is 0 Å². The second-order valence-corrected chi connectivity index (χ2v) is 8.50. The predicted octanol–water partition coefficient (Wildman–Crippen LogP) is 1.72. The summed E-state index contributed by atoms with van der Waals surface area (Å²) < 4.78 is 0. The minimum Gasteiger partial charge on any atom is -0.893 e. The minimum absolute atomic E-state index is 0.0885. The maximum Gasteiger partial charge on any atom is 0.0986 e. The molecule has 3 unspecified atom stereocenters. The summed E-state index contributed by atoms with van der Waals surface area (Å²) in [5, 5.41) is 41.5. The van der Waals surface area contributed by atoms with E-state index in [1.807, 2.05) is 13.8 Å². The van der Waals surface area contributed by atoms with Crippen LogP contribution in [-0.2, 0) is 0 Å². The third kappa shape index (κ3) is 3.78. The van der Waals surface area contributed by atoms with Gasteiger partial charge in [0.25, 0.3) is 0 Å². The molecule has 136 valence electrons. The van der Waals surface area contributed by atoms with Gasteiger partial charge in [-0.2, -0.15) is 0 Å². The molecule has 3 fully saturated rings. The highest BCUT2D eigenvalue weighted by Crippen LogP contribution is 2.65. The first-order chi connectivity index (χ1) is 10.4. The van der Waals surface area contributed by atoms with Gasteiger partial charge in [0, 0.05) is 0 Å². The van der Waals surface area contributed by atoms with Crippen LogP contribution >= 0.6 is 0 Å². The summed E-state index contributed by atoms with van der Waals surface area (Å²) in [5.74, 6) is 0.739. The van der Waals surface area contributed by atoms with Crippen LogP contribution in [0, 0.1) is 17.3 Å². The van der Waals surface area contributed by atoms with Crippen molar-refractivity contribution < 1.29 is 20.3 Å². The fraction of sp³-hybridized carbons (Fsp3) is 1.00. The summed E-state index contributed by atoms with van der Waals surface area (Å²) in [6, 6.07) is 0. The van der Waals surface area contributed by atoms with Crippen LogP contribution in [0.25, 0.3) is 0 Å². The zero-order valence-corrected chi connectivity index (χ0v) is 15.8. The molecule has 4 nitrogen and oxygen atoms in total. The first-order valence-corrected chi connectivity index (χ1v) is 9.21. The van der Waals surface area contributed by atoms with Gasteiger partial charge in [-0.1, -0.05) is 59.8 Å². The third-order valence-corrected chi connectivity index (χ3v) is 6.79. The van der Waals surface area contributed by atoms with Gasteiger partial charge >= 0.3 is 0 Å². The largest absolute Gasteiger partial charge is 0.893 e. The Morgan fingerprint density at radius 2 is 1.74 bits per heavy atom. The zero-order valence-electron chi connectivity index (χ0n) is 15.8. The summed E-state index contributed by atoms with van der Waals surface area (Å²) in [5.41, 5.74) is -1.79. The van der Waals surface area contributed by atoms with Gasteiger partial charge in [0.15, 0.2) is 0 Å². The Hall–Kier alpha value is -0.0951. The average Bonchev–Trinajstić information content (AvgIpc) is 2.42. The Bertz CT molecular complexity index is 373. The molecule has 0 aromatic carbocycles. The SMILES string of the molecule is CC1(O)CCC2CC1(O)C2(C)C.CCC[C@H](C)[C@H](CC)B([O-])[O-]. The molecule has 3 aliphatic rings. The van der Waals surface area contributed by atoms with Crippen molar-refractivity contribution in [3.05, 3.63) is 0 Å². The Labute approximate surface area is 142 Å². The molecule has 0 radical (unpaired) electrons. The van der Waals surface area contributed by atoms with Crippen LogP contribution in [0.3, 0.4) is 0 Å². The van der Waals surface area contributed by atoms with Crippen LogP contribution in [0.15, 0.2) is 0 Å². The molecule has 0 saturated heterocycles. The second kappa shape index (κ2) is 7.43. The standard InChI is InChI=1S/C10H18O2.C8H17BO2/c1-8(2)7-4-5-9(3,11)10(8,12)6-7;1-4-6-7(3)8(5-2)9(10)11/h7,11-12H,4-6H2,1-3H3;7-8H,4-6H2,1-3H3/q;-2/t;7-,8-/m.0/s1. The van der Waals surface area contributed by atoms with Gasteiger partial charge in [-0.05, 0) is 37.5 Å². The number of hydrogen-bond acceptors (Lipinski definition) is 4. The van der Waals surface area contributed by atoms with E-state index < -0.39 is 18.3 Å². The molecule has 0 aromatic rings. The number of fused-ring (bicyclic) bond motifs is 2. The smallest absolute Gasteiger partial charge is 0.0986 e. The molecule has 0 spiro atoms. The molecule has 23 heavy (non-hydrogen) atoms. The van der Waals surface area contributed by atoms with Crippen LogP contribution in [0.4, 0.5) is 0 Å². The quantitative estimate of drug-likeness (QED) is 0.753. The van der Waals surface area contributed by atoms with Crippen molar-refractivity contribution in [2.75, 3.05) is 0 Å². The molecule has 0 heterocycles. The highest BCUT2D eigenvalue weighted by atomic mass is 16.4. The van der Waals surface area contributed by atoms with E-state index in [0.717, 1.165) is 38.5 Å². The summed E-state index contributed by atoms with van der Waals surface area (Å²) >= 11 is 0. The fourth-order valence-electron chi connectivity index (χ4n) is 4.65. The Balaban J connectivity index is 0.000000232. The highest BCUT2D eigenvalue weighted by molar-refractivity contribution is 6.39. The molecule has 3 aliphatic carbocycles.